The molecule has 4 N–H and O–H groups in total. The summed E-state index contributed by atoms with van der Waals surface area (Å²) in [6, 6.07) is 5.32. The predicted octanol–water partition coefficient (Wildman–Crippen LogP) is 0.938. The average molecular weight is 266 g/mol. The zero-order valence-corrected chi connectivity index (χ0v) is 11.5. The molecule has 1 atom stereocenters. The summed E-state index contributed by atoms with van der Waals surface area (Å²) in [5, 5.41) is 11.8. The predicted molar refractivity (Wildman–Crippen MR) is 74.5 cm³/mol. The fraction of sp³-hybridized carbons (Fsp3) is 0.500. The molecule has 0 fully saturated rings. The lowest BCUT2D eigenvalue weighted by Crippen LogP contribution is -2.34. The standard InChI is InChI=1S/C14H22N2O3/c1-10-9-11(3-4-13(10)19-2)5-7-16-8-6-12(15)14(17)18/h3-4,9,12,16H,5-8,15H2,1-2H3,(H,17,18). The molecule has 0 aliphatic carbocycles. The van der Waals surface area contributed by atoms with Crippen LogP contribution in [0, 0.1) is 6.92 Å². The molecule has 0 spiro atoms. The number of aliphatic carboxylic acids is 1. The van der Waals surface area contributed by atoms with E-state index < -0.39 is 12.0 Å². The van der Waals surface area contributed by atoms with Crippen LogP contribution in [0.25, 0.3) is 0 Å². The van der Waals surface area contributed by atoms with Crippen LogP contribution in [0.1, 0.15) is 17.5 Å². The van der Waals surface area contributed by atoms with Crippen LogP contribution < -0.4 is 15.8 Å². The second-order valence-corrected chi connectivity index (χ2v) is 4.54. The maximum atomic E-state index is 10.5. The van der Waals surface area contributed by atoms with Gasteiger partial charge in [0.1, 0.15) is 11.8 Å². The van der Waals surface area contributed by atoms with E-state index in [0.29, 0.717) is 13.0 Å². The summed E-state index contributed by atoms with van der Waals surface area (Å²) in [5.74, 6) is -0.0586. The minimum Gasteiger partial charge on any atom is -0.496 e. The fourth-order valence-corrected chi connectivity index (χ4v) is 1.83. The van der Waals surface area contributed by atoms with Gasteiger partial charge in [-0.3, -0.25) is 4.79 Å². The van der Waals surface area contributed by atoms with Gasteiger partial charge in [-0.2, -0.15) is 0 Å². The second-order valence-electron chi connectivity index (χ2n) is 4.54. The average Bonchev–Trinajstić information content (AvgIpc) is 2.38. The Morgan fingerprint density at radius 3 is 2.79 bits per heavy atom. The third kappa shape index (κ3) is 5.28. The molecule has 0 saturated carbocycles. The Kier molecular flexibility index (Phi) is 6.32. The number of rotatable bonds is 8. The van der Waals surface area contributed by atoms with Gasteiger partial charge in [-0.15, -0.1) is 0 Å². The Morgan fingerprint density at radius 2 is 2.21 bits per heavy atom. The molecule has 0 amide bonds. The molecular formula is C14H22N2O3. The van der Waals surface area contributed by atoms with Crippen LogP contribution in [0.15, 0.2) is 18.2 Å². The summed E-state index contributed by atoms with van der Waals surface area (Å²) in [4.78, 5) is 10.5. The molecule has 5 nitrogen and oxygen atoms in total. The molecule has 5 heteroatoms. The van der Waals surface area contributed by atoms with Crippen LogP contribution in [-0.2, 0) is 11.2 Å². The van der Waals surface area contributed by atoms with Gasteiger partial charge in [0.05, 0.1) is 7.11 Å². The van der Waals surface area contributed by atoms with Crippen molar-refractivity contribution in [2.75, 3.05) is 20.2 Å². The van der Waals surface area contributed by atoms with Crippen molar-refractivity contribution in [3.05, 3.63) is 29.3 Å². The van der Waals surface area contributed by atoms with Crippen molar-refractivity contribution in [2.24, 2.45) is 5.73 Å². The van der Waals surface area contributed by atoms with Crippen LogP contribution in [0.5, 0.6) is 5.75 Å². The number of carboxylic acid groups (broad SMARTS) is 1. The van der Waals surface area contributed by atoms with Gasteiger partial charge in [-0.25, -0.2) is 0 Å². The van der Waals surface area contributed by atoms with Gasteiger partial charge in [-0.05, 0) is 50.0 Å². The first-order valence-electron chi connectivity index (χ1n) is 6.37. The Bertz CT molecular complexity index is 421. The highest BCUT2D eigenvalue weighted by atomic mass is 16.5. The number of nitrogens with one attached hydrogen (secondary N) is 1. The topological polar surface area (TPSA) is 84.6 Å². The number of benzene rings is 1. The van der Waals surface area contributed by atoms with E-state index in [4.69, 9.17) is 15.6 Å². The molecule has 19 heavy (non-hydrogen) atoms. The molecule has 1 unspecified atom stereocenters. The van der Waals surface area contributed by atoms with E-state index in [9.17, 15) is 4.79 Å². The van der Waals surface area contributed by atoms with Crippen LogP contribution >= 0.6 is 0 Å². The van der Waals surface area contributed by atoms with Gasteiger partial charge in [0.25, 0.3) is 0 Å². The van der Waals surface area contributed by atoms with Gasteiger partial charge in [0.15, 0.2) is 0 Å². The van der Waals surface area contributed by atoms with Gasteiger partial charge >= 0.3 is 5.97 Å². The largest absolute Gasteiger partial charge is 0.496 e. The quantitative estimate of drug-likeness (QED) is 0.610. The normalized spacial score (nSPS) is 12.2. The molecule has 0 radical (unpaired) electrons. The van der Waals surface area contributed by atoms with Crippen molar-refractivity contribution < 1.29 is 14.6 Å². The van der Waals surface area contributed by atoms with Crippen molar-refractivity contribution in [1.29, 1.82) is 0 Å². The molecular weight excluding hydrogens is 244 g/mol. The van der Waals surface area contributed by atoms with E-state index in [1.54, 1.807) is 7.11 Å². The summed E-state index contributed by atoms with van der Waals surface area (Å²) in [5.41, 5.74) is 7.76. The monoisotopic (exact) mass is 266 g/mol. The first-order valence-corrected chi connectivity index (χ1v) is 6.37. The minimum atomic E-state index is -0.951. The summed E-state index contributed by atoms with van der Waals surface area (Å²) in [6.45, 7) is 3.43. The number of hydrogen-bond donors (Lipinski definition) is 3. The summed E-state index contributed by atoms with van der Waals surface area (Å²) >= 11 is 0. The Labute approximate surface area is 113 Å². The maximum absolute atomic E-state index is 10.5. The first kappa shape index (κ1) is 15.5. The maximum Gasteiger partial charge on any atom is 0.320 e. The van der Waals surface area contributed by atoms with E-state index in [1.165, 1.54) is 5.56 Å². The third-order valence-corrected chi connectivity index (χ3v) is 3.00. The number of hydrogen-bond acceptors (Lipinski definition) is 4. The fourth-order valence-electron chi connectivity index (χ4n) is 1.83. The van der Waals surface area contributed by atoms with Crippen molar-refractivity contribution in [1.82, 2.24) is 5.32 Å². The lowest BCUT2D eigenvalue weighted by Gasteiger charge is -2.09. The highest BCUT2D eigenvalue weighted by molar-refractivity contribution is 5.72. The smallest absolute Gasteiger partial charge is 0.320 e. The summed E-state index contributed by atoms with van der Waals surface area (Å²) in [6.07, 6.45) is 1.34. The zero-order valence-electron chi connectivity index (χ0n) is 11.5. The molecule has 1 aromatic rings. The van der Waals surface area contributed by atoms with Gasteiger partial charge in [-0.1, -0.05) is 12.1 Å². The molecule has 0 aliphatic heterocycles. The Hall–Kier alpha value is -1.59. The van der Waals surface area contributed by atoms with E-state index in [1.807, 2.05) is 19.1 Å². The number of nitrogens with two attached hydrogens (primary N) is 1. The van der Waals surface area contributed by atoms with Crippen molar-refractivity contribution >= 4 is 5.97 Å². The lowest BCUT2D eigenvalue weighted by molar-refractivity contribution is -0.138. The molecule has 0 aliphatic rings. The first-order chi connectivity index (χ1) is 9.04. The van der Waals surface area contributed by atoms with Gasteiger partial charge in [0, 0.05) is 0 Å². The summed E-state index contributed by atoms with van der Waals surface area (Å²) < 4.78 is 5.21. The van der Waals surface area contributed by atoms with Crippen molar-refractivity contribution in [3.8, 4) is 5.75 Å². The number of methoxy groups -OCH3 is 1. The van der Waals surface area contributed by atoms with Crippen molar-refractivity contribution in [3.63, 3.8) is 0 Å². The summed E-state index contributed by atoms with van der Waals surface area (Å²) in [7, 11) is 1.66. The Morgan fingerprint density at radius 1 is 1.47 bits per heavy atom. The van der Waals surface area contributed by atoms with E-state index in [0.717, 1.165) is 24.3 Å². The number of carbonyl (C=O) groups is 1. The highest BCUT2D eigenvalue weighted by Gasteiger charge is 2.09. The lowest BCUT2D eigenvalue weighted by atomic mass is 10.1. The minimum absolute atomic E-state index is 0.441. The third-order valence-electron chi connectivity index (χ3n) is 3.00. The second kappa shape index (κ2) is 7.76. The highest BCUT2D eigenvalue weighted by Crippen LogP contribution is 2.18. The number of aryl methyl sites for hydroxylation is 1. The SMILES string of the molecule is COc1ccc(CCNCCC(N)C(=O)O)cc1C. The molecule has 0 saturated heterocycles. The van der Waals surface area contributed by atoms with Crippen LogP contribution in [0.3, 0.4) is 0 Å². The molecule has 0 aromatic heterocycles. The number of carboxylic acids is 1. The van der Waals surface area contributed by atoms with Crippen molar-refractivity contribution in [2.45, 2.75) is 25.8 Å². The zero-order chi connectivity index (χ0) is 14.3. The van der Waals surface area contributed by atoms with Gasteiger partial charge < -0.3 is 20.9 Å². The van der Waals surface area contributed by atoms with Gasteiger partial charge in [0.2, 0.25) is 0 Å². The van der Waals surface area contributed by atoms with E-state index in [-0.39, 0.29) is 0 Å². The van der Waals surface area contributed by atoms with Crippen LogP contribution in [0.4, 0.5) is 0 Å². The molecule has 0 bridgehead atoms. The molecule has 0 heterocycles. The molecule has 106 valence electrons. The molecule has 1 rings (SSSR count). The number of ether oxygens (including phenoxy) is 1. The molecule has 1 aromatic carbocycles. The Balaban J connectivity index is 2.26. The van der Waals surface area contributed by atoms with Crippen LogP contribution in [-0.4, -0.2) is 37.3 Å². The van der Waals surface area contributed by atoms with E-state index in [2.05, 4.69) is 11.4 Å². The van der Waals surface area contributed by atoms with Crippen LogP contribution in [0.2, 0.25) is 0 Å². The van der Waals surface area contributed by atoms with E-state index >= 15 is 0 Å².